The second-order valence-corrected chi connectivity index (χ2v) is 7.25. The lowest BCUT2D eigenvalue weighted by atomic mass is 9.92. The van der Waals surface area contributed by atoms with Gasteiger partial charge in [0.05, 0.1) is 5.54 Å². The fourth-order valence-corrected chi connectivity index (χ4v) is 3.27. The van der Waals surface area contributed by atoms with E-state index in [1.807, 2.05) is 6.92 Å². The molecular weight excluding hydrogens is 250 g/mol. The van der Waals surface area contributed by atoms with Gasteiger partial charge in [-0.2, -0.15) is 0 Å². The van der Waals surface area contributed by atoms with Gasteiger partial charge in [0.1, 0.15) is 0 Å². The summed E-state index contributed by atoms with van der Waals surface area (Å²) < 4.78 is 0. The van der Waals surface area contributed by atoms with E-state index in [2.05, 4.69) is 24.1 Å². The van der Waals surface area contributed by atoms with Crippen molar-refractivity contribution in [1.29, 1.82) is 0 Å². The van der Waals surface area contributed by atoms with Crippen LogP contribution < -0.4 is 11.1 Å². The summed E-state index contributed by atoms with van der Waals surface area (Å²) in [5, 5.41) is 3.43. The Bertz CT molecular complexity index is 343. The fourth-order valence-electron chi connectivity index (χ4n) is 3.27. The van der Waals surface area contributed by atoms with E-state index in [1.165, 1.54) is 32.2 Å². The number of rotatable bonds is 7. The van der Waals surface area contributed by atoms with Crippen molar-refractivity contribution in [2.45, 2.75) is 76.9 Å². The van der Waals surface area contributed by atoms with Gasteiger partial charge in [0.15, 0.2) is 0 Å². The number of likely N-dealkylation sites (tertiary alicyclic amines) is 1. The van der Waals surface area contributed by atoms with Crippen molar-refractivity contribution >= 4 is 5.91 Å². The molecule has 20 heavy (non-hydrogen) atoms. The largest absolute Gasteiger partial charge is 0.368 e. The van der Waals surface area contributed by atoms with Crippen LogP contribution in [-0.4, -0.2) is 41.5 Å². The summed E-state index contributed by atoms with van der Waals surface area (Å²) in [6.45, 7) is 8.91. The molecule has 3 atom stereocenters. The highest BCUT2D eigenvalue weighted by molar-refractivity contribution is 5.84. The molecule has 0 bridgehead atoms. The minimum Gasteiger partial charge on any atom is -0.368 e. The first-order valence-corrected chi connectivity index (χ1v) is 8.22. The average Bonchev–Trinajstić information content (AvgIpc) is 3.17. The van der Waals surface area contributed by atoms with Crippen LogP contribution in [-0.2, 0) is 4.79 Å². The van der Waals surface area contributed by atoms with Gasteiger partial charge in [-0.05, 0) is 64.8 Å². The molecule has 3 N–H and O–H groups in total. The quantitative estimate of drug-likeness (QED) is 0.749. The Labute approximate surface area is 123 Å². The zero-order valence-corrected chi connectivity index (χ0v) is 13.3. The molecule has 1 aliphatic heterocycles. The molecule has 1 amide bonds. The van der Waals surface area contributed by atoms with Gasteiger partial charge in [-0.25, -0.2) is 0 Å². The van der Waals surface area contributed by atoms with Gasteiger partial charge >= 0.3 is 0 Å². The van der Waals surface area contributed by atoms with Crippen molar-refractivity contribution in [1.82, 2.24) is 10.2 Å². The maximum absolute atomic E-state index is 11.7. The Balaban J connectivity index is 1.78. The first-order valence-electron chi connectivity index (χ1n) is 8.22. The molecular formula is C16H31N3O. The number of carbonyl (C=O) groups is 1. The van der Waals surface area contributed by atoms with Gasteiger partial charge in [0, 0.05) is 18.6 Å². The van der Waals surface area contributed by atoms with Gasteiger partial charge in [-0.3, -0.25) is 4.79 Å². The second kappa shape index (κ2) is 6.44. The number of hydrogen-bond acceptors (Lipinski definition) is 3. The third-order valence-corrected chi connectivity index (χ3v) is 5.01. The molecule has 1 heterocycles. The molecule has 0 radical (unpaired) electrons. The average molecular weight is 281 g/mol. The molecule has 4 heteroatoms. The molecule has 116 valence electrons. The van der Waals surface area contributed by atoms with Crippen molar-refractivity contribution in [2.24, 2.45) is 11.7 Å². The van der Waals surface area contributed by atoms with E-state index in [-0.39, 0.29) is 5.91 Å². The molecule has 0 aromatic heterocycles. The summed E-state index contributed by atoms with van der Waals surface area (Å²) in [6, 6.07) is 1.20. The Hall–Kier alpha value is -0.610. The first-order chi connectivity index (χ1) is 9.40. The van der Waals surface area contributed by atoms with Crippen LogP contribution in [0, 0.1) is 5.92 Å². The van der Waals surface area contributed by atoms with E-state index >= 15 is 0 Å². The van der Waals surface area contributed by atoms with Crippen molar-refractivity contribution in [3.8, 4) is 0 Å². The van der Waals surface area contributed by atoms with Crippen LogP contribution in [0.5, 0.6) is 0 Å². The molecule has 4 nitrogen and oxygen atoms in total. The van der Waals surface area contributed by atoms with Crippen molar-refractivity contribution < 1.29 is 4.79 Å². The van der Waals surface area contributed by atoms with E-state index in [0.29, 0.717) is 12.1 Å². The number of carbonyl (C=O) groups excluding carboxylic acids is 1. The van der Waals surface area contributed by atoms with E-state index in [1.54, 1.807) is 0 Å². The predicted octanol–water partition coefficient (Wildman–Crippen LogP) is 1.88. The van der Waals surface area contributed by atoms with Crippen LogP contribution in [0.4, 0.5) is 0 Å². The first kappa shape index (κ1) is 15.8. The van der Waals surface area contributed by atoms with Crippen molar-refractivity contribution in [3.05, 3.63) is 0 Å². The third kappa shape index (κ3) is 4.19. The Morgan fingerprint density at radius 3 is 2.60 bits per heavy atom. The zero-order valence-electron chi connectivity index (χ0n) is 13.3. The standard InChI is InChI=1S/C16H31N3O/c1-12-5-6-13(2)19(11-12)10-4-9-16(3,15(17)20)18-14-7-8-14/h12-14,18H,4-11H2,1-3H3,(H2,17,20). The topological polar surface area (TPSA) is 58.4 Å². The zero-order chi connectivity index (χ0) is 14.8. The fraction of sp³-hybridized carbons (Fsp3) is 0.938. The van der Waals surface area contributed by atoms with Crippen molar-refractivity contribution in [2.75, 3.05) is 13.1 Å². The van der Waals surface area contributed by atoms with E-state index < -0.39 is 5.54 Å². The normalized spacial score (nSPS) is 30.9. The molecule has 2 rings (SSSR count). The van der Waals surface area contributed by atoms with E-state index in [9.17, 15) is 4.79 Å². The molecule has 3 unspecified atom stereocenters. The molecule has 2 fully saturated rings. The maximum atomic E-state index is 11.7. The van der Waals surface area contributed by atoms with Crippen LogP contribution in [0.1, 0.15) is 59.3 Å². The summed E-state index contributed by atoms with van der Waals surface area (Å²) >= 11 is 0. The summed E-state index contributed by atoms with van der Waals surface area (Å²) in [7, 11) is 0. The Morgan fingerprint density at radius 1 is 1.30 bits per heavy atom. The number of nitrogens with two attached hydrogens (primary N) is 1. The maximum Gasteiger partial charge on any atom is 0.237 e. The molecule has 1 saturated carbocycles. The van der Waals surface area contributed by atoms with Gasteiger partial charge in [-0.1, -0.05) is 6.92 Å². The Kier molecular flexibility index (Phi) is 5.08. The SMILES string of the molecule is CC1CCC(C)N(CCCC(C)(NC2CC2)C(N)=O)C1. The molecule has 0 aromatic carbocycles. The molecule has 0 spiro atoms. The van der Waals surface area contributed by atoms with Crippen LogP contribution >= 0.6 is 0 Å². The number of amides is 1. The lowest BCUT2D eigenvalue weighted by molar-refractivity contribution is -0.124. The number of piperidine rings is 1. The van der Waals surface area contributed by atoms with Crippen LogP contribution in [0.15, 0.2) is 0 Å². The van der Waals surface area contributed by atoms with Gasteiger partial charge in [-0.15, -0.1) is 0 Å². The number of primary amides is 1. The summed E-state index contributed by atoms with van der Waals surface area (Å²) in [6.07, 6.45) is 6.90. The summed E-state index contributed by atoms with van der Waals surface area (Å²) in [5.74, 6) is 0.600. The summed E-state index contributed by atoms with van der Waals surface area (Å²) in [5.41, 5.74) is 5.08. The lowest BCUT2D eigenvalue weighted by Crippen LogP contribution is -2.54. The Morgan fingerprint density at radius 2 is 2.00 bits per heavy atom. The van der Waals surface area contributed by atoms with Gasteiger partial charge in [0.2, 0.25) is 5.91 Å². The number of nitrogens with one attached hydrogen (secondary N) is 1. The van der Waals surface area contributed by atoms with Crippen LogP contribution in [0.2, 0.25) is 0 Å². The predicted molar refractivity (Wildman–Crippen MR) is 82.4 cm³/mol. The highest BCUT2D eigenvalue weighted by atomic mass is 16.1. The minimum absolute atomic E-state index is 0.204. The van der Waals surface area contributed by atoms with Crippen LogP contribution in [0.25, 0.3) is 0 Å². The lowest BCUT2D eigenvalue weighted by Gasteiger charge is -2.37. The van der Waals surface area contributed by atoms with E-state index in [0.717, 1.165) is 25.3 Å². The number of hydrogen-bond donors (Lipinski definition) is 2. The van der Waals surface area contributed by atoms with Crippen molar-refractivity contribution in [3.63, 3.8) is 0 Å². The van der Waals surface area contributed by atoms with Gasteiger partial charge in [0.25, 0.3) is 0 Å². The highest BCUT2D eigenvalue weighted by Crippen LogP contribution is 2.26. The second-order valence-electron chi connectivity index (χ2n) is 7.25. The van der Waals surface area contributed by atoms with Crippen LogP contribution in [0.3, 0.4) is 0 Å². The molecule has 1 saturated heterocycles. The minimum atomic E-state index is -0.522. The number of nitrogens with zero attached hydrogens (tertiary/aromatic N) is 1. The summed E-state index contributed by atoms with van der Waals surface area (Å²) in [4.78, 5) is 14.3. The molecule has 0 aromatic rings. The van der Waals surface area contributed by atoms with Gasteiger partial charge < -0.3 is 16.0 Å². The third-order valence-electron chi connectivity index (χ3n) is 5.01. The van der Waals surface area contributed by atoms with E-state index in [4.69, 9.17) is 5.73 Å². The molecule has 1 aliphatic carbocycles. The molecule has 2 aliphatic rings. The smallest absolute Gasteiger partial charge is 0.237 e. The highest BCUT2D eigenvalue weighted by Gasteiger charge is 2.36. The monoisotopic (exact) mass is 281 g/mol.